The lowest BCUT2D eigenvalue weighted by Gasteiger charge is -2.02. The molecule has 2 nitrogen and oxygen atoms in total. The molecule has 0 spiro atoms. The Kier molecular flexibility index (Phi) is 3.32. The summed E-state index contributed by atoms with van der Waals surface area (Å²) in [5.41, 5.74) is 0.218. The first-order chi connectivity index (χ1) is 9.22. The molecule has 4 heteroatoms. The average Bonchev–Trinajstić information content (AvgIpc) is 2.41. The Hall–Kier alpha value is -1.71. The number of benzene rings is 2. The summed E-state index contributed by atoms with van der Waals surface area (Å²) in [5.74, 6) is 0. The third-order valence-electron chi connectivity index (χ3n) is 2.63. The molecule has 1 heterocycles. The summed E-state index contributed by atoms with van der Waals surface area (Å²) in [6, 6.07) is 16.7. The van der Waals surface area contributed by atoms with Crippen LogP contribution in [0, 0.1) is 0 Å². The summed E-state index contributed by atoms with van der Waals surface area (Å²) in [5, 5.41) is 1.45. The van der Waals surface area contributed by atoms with Crippen molar-refractivity contribution >= 4 is 34.3 Å². The van der Waals surface area contributed by atoms with E-state index in [9.17, 15) is 4.79 Å². The first kappa shape index (κ1) is 12.3. The van der Waals surface area contributed by atoms with Gasteiger partial charge in [0, 0.05) is 15.3 Å². The van der Waals surface area contributed by atoms with Crippen LogP contribution in [0.4, 0.5) is 0 Å². The first-order valence-corrected chi connectivity index (χ1v) is 6.88. The van der Waals surface area contributed by atoms with Crippen molar-refractivity contribution in [3.8, 4) is 0 Å². The van der Waals surface area contributed by atoms with Gasteiger partial charge in [-0.25, -0.2) is 4.79 Å². The Morgan fingerprint density at radius 3 is 2.58 bits per heavy atom. The number of hydrogen-bond donors (Lipinski definition) is 0. The van der Waals surface area contributed by atoms with Crippen molar-refractivity contribution in [2.24, 2.45) is 0 Å². The van der Waals surface area contributed by atoms with Crippen molar-refractivity contribution < 1.29 is 4.42 Å². The second-order valence-electron chi connectivity index (χ2n) is 4.00. The van der Waals surface area contributed by atoms with Gasteiger partial charge in [0.1, 0.15) is 5.58 Å². The van der Waals surface area contributed by atoms with E-state index in [4.69, 9.17) is 16.0 Å². The topological polar surface area (TPSA) is 30.2 Å². The highest BCUT2D eigenvalue weighted by Gasteiger charge is 2.07. The van der Waals surface area contributed by atoms with E-state index in [1.807, 2.05) is 36.4 Å². The Labute approximate surface area is 119 Å². The third kappa shape index (κ3) is 2.67. The van der Waals surface area contributed by atoms with E-state index in [-0.39, 0.29) is 5.63 Å². The molecule has 94 valence electrons. The van der Waals surface area contributed by atoms with Gasteiger partial charge in [-0.15, -0.1) is 0 Å². The molecule has 0 bridgehead atoms. The molecule has 0 saturated heterocycles. The quantitative estimate of drug-likeness (QED) is 0.646. The van der Waals surface area contributed by atoms with Gasteiger partial charge in [-0.1, -0.05) is 41.6 Å². The van der Waals surface area contributed by atoms with Crippen molar-refractivity contribution in [2.45, 2.75) is 9.79 Å². The molecule has 0 N–H and O–H groups in total. The second-order valence-corrected chi connectivity index (χ2v) is 5.55. The highest BCUT2D eigenvalue weighted by Crippen LogP contribution is 2.28. The van der Waals surface area contributed by atoms with E-state index in [0.717, 1.165) is 10.3 Å². The molecule has 0 aliphatic carbocycles. The van der Waals surface area contributed by atoms with E-state index in [2.05, 4.69) is 0 Å². The van der Waals surface area contributed by atoms with Crippen LogP contribution in [-0.2, 0) is 0 Å². The van der Waals surface area contributed by atoms with Crippen molar-refractivity contribution in [1.82, 2.24) is 0 Å². The third-order valence-corrected chi connectivity index (χ3v) is 3.88. The second kappa shape index (κ2) is 5.11. The molecule has 0 unspecified atom stereocenters. The molecular weight excluding hydrogens is 280 g/mol. The molecule has 1 aromatic heterocycles. The smallest absolute Gasteiger partial charge is 0.350 e. The zero-order valence-electron chi connectivity index (χ0n) is 9.80. The van der Waals surface area contributed by atoms with Gasteiger partial charge in [-0.3, -0.25) is 0 Å². The van der Waals surface area contributed by atoms with Crippen molar-refractivity contribution in [1.29, 1.82) is 0 Å². The maximum atomic E-state index is 11.9. The fourth-order valence-corrected chi connectivity index (χ4v) is 2.80. The molecule has 0 saturated carbocycles. The van der Waals surface area contributed by atoms with Crippen LogP contribution in [-0.4, -0.2) is 0 Å². The van der Waals surface area contributed by atoms with Crippen LogP contribution >= 0.6 is 23.4 Å². The molecule has 3 rings (SSSR count). The van der Waals surface area contributed by atoms with Crippen LogP contribution in [0.5, 0.6) is 0 Å². The zero-order valence-corrected chi connectivity index (χ0v) is 11.4. The Morgan fingerprint density at radius 2 is 1.79 bits per heavy atom. The molecule has 3 aromatic rings. The summed E-state index contributed by atoms with van der Waals surface area (Å²) in [4.78, 5) is 13.5. The highest BCUT2D eigenvalue weighted by molar-refractivity contribution is 7.99. The van der Waals surface area contributed by atoms with Crippen molar-refractivity contribution in [2.75, 3.05) is 0 Å². The SMILES string of the molecule is O=c1oc2ccc(Cl)cc2cc1Sc1ccccc1. The van der Waals surface area contributed by atoms with Crippen LogP contribution in [0.15, 0.2) is 73.6 Å². The van der Waals surface area contributed by atoms with E-state index in [1.165, 1.54) is 11.8 Å². The Bertz CT molecular complexity index is 781. The Morgan fingerprint density at radius 1 is 1.00 bits per heavy atom. The minimum Gasteiger partial charge on any atom is -0.422 e. The molecule has 0 aliphatic heterocycles. The standard InChI is InChI=1S/C15H9ClO2S/c16-11-6-7-13-10(8-11)9-14(15(17)18-13)19-12-4-2-1-3-5-12/h1-9H. The van der Waals surface area contributed by atoms with E-state index in [0.29, 0.717) is 15.5 Å². The Balaban J connectivity index is 2.08. The lowest BCUT2D eigenvalue weighted by atomic mass is 10.2. The van der Waals surface area contributed by atoms with Gasteiger partial charge >= 0.3 is 5.63 Å². The first-order valence-electron chi connectivity index (χ1n) is 5.69. The number of rotatable bonds is 2. The van der Waals surface area contributed by atoms with Crippen LogP contribution in [0.2, 0.25) is 5.02 Å². The monoisotopic (exact) mass is 288 g/mol. The largest absolute Gasteiger partial charge is 0.422 e. The maximum absolute atomic E-state index is 11.9. The van der Waals surface area contributed by atoms with Crippen molar-refractivity contribution in [3.05, 3.63) is 70.0 Å². The van der Waals surface area contributed by atoms with E-state index in [1.54, 1.807) is 18.2 Å². The fraction of sp³-hybridized carbons (Fsp3) is 0. The van der Waals surface area contributed by atoms with Crippen LogP contribution in [0.3, 0.4) is 0 Å². The molecule has 0 radical (unpaired) electrons. The normalized spacial score (nSPS) is 10.8. The van der Waals surface area contributed by atoms with Gasteiger partial charge in [-0.2, -0.15) is 0 Å². The summed E-state index contributed by atoms with van der Waals surface area (Å²) < 4.78 is 5.28. The van der Waals surface area contributed by atoms with Crippen molar-refractivity contribution in [3.63, 3.8) is 0 Å². The van der Waals surface area contributed by atoms with Gasteiger partial charge in [0.2, 0.25) is 0 Å². The molecule has 0 aliphatic rings. The predicted octanol–water partition coefficient (Wildman–Crippen LogP) is 4.60. The zero-order chi connectivity index (χ0) is 13.2. The summed E-state index contributed by atoms with van der Waals surface area (Å²) in [6.45, 7) is 0. The average molecular weight is 289 g/mol. The predicted molar refractivity (Wildman–Crippen MR) is 78.1 cm³/mol. The number of hydrogen-bond acceptors (Lipinski definition) is 3. The van der Waals surface area contributed by atoms with Crippen LogP contribution in [0.25, 0.3) is 11.0 Å². The van der Waals surface area contributed by atoms with Gasteiger partial charge in [0.15, 0.2) is 0 Å². The molecule has 2 aromatic carbocycles. The van der Waals surface area contributed by atoms with Crippen LogP contribution in [0.1, 0.15) is 0 Å². The van der Waals surface area contributed by atoms with Gasteiger partial charge in [0.25, 0.3) is 0 Å². The summed E-state index contributed by atoms with van der Waals surface area (Å²) in [7, 11) is 0. The summed E-state index contributed by atoms with van der Waals surface area (Å²) >= 11 is 7.33. The molecule has 0 atom stereocenters. The number of halogens is 1. The minimum atomic E-state index is -0.330. The maximum Gasteiger partial charge on any atom is 0.350 e. The summed E-state index contributed by atoms with van der Waals surface area (Å²) in [6.07, 6.45) is 0. The van der Waals surface area contributed by atoms with E-state index < -0.39 is 0 Å². The molecule has 0 fully saturated rings. The molecular formula is C15H9ClO2S. The molecule has 19 heavy (non-hydrogen) atoms. The van der Waals surface area contributed by atoms with Crippen LogP contribution < -0.4 is 5.63 Å². The number of fused-ring (bicyclic) bond motifs is 1. The highest BCUT2D eigenvalue weighted by atomic mass is 35.5. The lowest BCUT2D eigenvalue weighted by molar-refractivity contribution is 0.544. The van der Waals surface area contributed by atoms with Gasteiger partial charge < -0.3 is 4.42 Å². The minimum absolute atomic E-state index is 0.330. The van der Waals surface area contributed by atoms with Gasteiger partial charge in [0.05, 0.1) is 4.90 Å². The lowest BCUT2D eigenvalue weighted by Crippen LogP contribution is -2.01. The molecule has 0 amide bonds. The van der Waals surface area contributed by atoms with Gasteiger partial charge in [-0.05, 0) is 36.4 Å². The van der Waals surface area contributed by atoms with E-state index >= 15 is 0 Å². The fourth-order valence-electron chi connectivity index (χ4n) is 1.76.